The molecule has 0 N–H and O–H groups in total. The molecular formula is C11H15N3O2S. The Labute approximate surface area is 101 Å². The smallest absolute Gasteiger partial charge is 0.285 e. The number of hydrogen-bond acceptors (Lipinski definition) is 3. The molecule has 0 unspecified atom stereocenters. The number of piperidine rings is 1. The predicted octanol–water partition coefficient (Wildman–Crippen LogP) is 1.28. The van der Waals surface area contributed by atoms with Gasteiger partial charge in [0.05, 0.1) is 0 Å². The maximum Gasteiger partial charge on any atom is 0.285 e. The van der Waals surface area contributed by atoms with Gasteiger partial charge >= 0.3 is 0 Å². The van der Waals surface area contributed by atoms with Gasteiger partial charge in [0.25, 0.3) is 10.0 Å². The summed E-state index contributed by atoms with van der Waals surface area (Å²) in [5, 5.41) is 0. The highest BCUT2D eigenvalue weighted by Gasteiger charge is 2.18. The lowest BCUT2D eigenvalue weighted by molar-refractivity contribution is 0.434. The first-order valence-corrected chi connectivity index (χ1v) is 6.98. The van der Waals surface area contributed by atoms with Crippen LogP contribution in [0.15, 0.2) is 33.8 Å². The van der Waals surface area contributed by atoms with Gasteiger partial charge in [-0.05, 0) is 25.0 Å². The van der Waals surface area contributed by atoms with Crippen LogP contribution in [0.4, 0.5) is 0 Å². The number of amidine groups is 1. The lowest BCUT2D eigenvalue weighted by atomic mass is 10.1. The van der Waals surface area contributed by atoms with E-state index < -0.39 is 10.0 Å². The van der Waals surface area contributed by atoms with E-state index in [-0.39, 0.29) is 4.90 Å². The first kappa shape index (κ1) is 12.0. The van der Waals surface area contributed by atoms with Gasteiger partial charge in [-0.1, -0.05) is 0 Å². The quantitative estimate of drug-likeness (QED) is 0.796. The summed E-state index contributed by atoms with van der Waals surface area (Å²) in [6, 6.07) is 3.10. The highest BCUT2D eigenvalue weighted by Crippen LogP contribution is 2.15. The number of nitrogens with zero attached hydrogens (tertiary/aromatic N) is 3. The van der Waals surface area contributed by atoms with Crippen LogP contribution in [0.25, 0.3) is 0 Å². The fourth-order valence-electron chi connectivity index (χ4n) is 1.76. The Morgan fingerprint density at radius 2 is 2.24 bits per heavy atom. The molecule has 0 radical (unpaired) electrons. The Morgan fingerprint density at radius 1 is 1.41 bits per heavy atom. The summed E-state index contributed by atoms with van der Waals surface area (Å²) in [6.07, 6.45) is 5.66. The highest BCUT2D eigenvalue weighted by molar-refractivity contribution is 7.90. The van der Waals surface area contributed by atoms with E-state index in [1.54, 1.807) is 12.3 Å². The third-order valence-electron chi connectivity index (χ3n) is 2.74. The standard InChI is InChI=1S/C11H15N3O2S/c1-14-8-3-2-6-11(14)13-17(15,16)10-5-4-7-12-9-10/h4-5,7,9H,2-3,6,8H2,1H3/b13-11-. The van der Waals surface area contributed by atoms with Crippen molar-refractivity contribution in [3.8, 4) is 0 Å². The molecule has 0 atom stereocenters. The van der Waals surface area contributed by atoms with Crippen molar-refractivity contribution >= 4 is 15.9 Å². The van der Waals surface area contributed by atoms with Crippen LogP contribution < -0.4 is 0 Å². The first-order chi connectivity index (χ1) is 8.09. The van der Waals surface area contributed by atoms with Gasteiger partial charge in [0, 0.05) is 32.4 Å². The van der Waals surface area contributed by atoms with E-state index in [4.69, 9.17) is 0 Å². The Morgan fingerprint density at radius 3 is 2.88 bits per heavy atom. The molecule has 6 heteroatoms. The minimum atomic E-state index is -3.61. The van der Waals surface area contributed by atoms with Crippen LogP contribution in [-0.4, -0.2) is 37.7 Å². The molecule has 1 saturated heterocycles. The number of pyridine rings is 1. The largest absolute Gasteiger partial charge is 0.362 e. The summed E-state index contributed by atoms with van der Waals surface area (Å²) in [4.78, 5) is 5.85. The Balaban J connectivity index is 2.31. The second-order valence-corrected chi connectivity index (χ2v) is 5.65. The summed E-state index contributed by atoms with van der Waals surface area (Å²) in [6.45, 7) is 0.862. The van der Waals surface area contributed by atoms with Gasteiger partial charge in [0.15, 0.2) is 0 Å². The van der Waals surface area contributed by atoms with Crippen LogP contribution >= 0.6 is 0 Å². The summed E-state index contributed by atoms with van der Waals surface area (Å²) in [5.41, 5.74) is 0. The van der Waals surface area contributed by atoms with Crippen LogP contribution in [0.5, 0.6) is 0 Å². The second-order valence-electron chi connectivity index (χ2n) is 4.05. The van der Waals surface area contributed by atoms with Crippen molar-refractivity contribution in [3.05, 3.63) is 24.5 Å². The van der Waals surface area contributed by atoms with Crippen molar-refractivity contribution in [2.24, 2.45) is 4.40 Å². The van der Waals surface area contributed by atoms with Crippen molar-refractivity contribution in [3.63, 3.8) is 0 Å². The fraction of sp³-hybridized carbons (Fsp3) is 0.455. The van der Waals surface area contributed by atoms with Gasteiger partial charge in [-0.2, -0.15) is 8.42 Å². The van der Waals surface area contributed by atoms with Crippen molar-refractivity contribution in [2.75, 3.05) is 13.6 Å². The van der Waals surface area contributed by atoms with E-state index in [0.29, 0.717) is 5.84 Å². The average molecular weight is 253 g/mol. The molecule has 1 aliphatic heterocycles. The molecule has 0 aliphatic carbocycles. The Hall–Kier alpha value is -1.43. The summed E-state index contributed by atoms with van der Waals surface area (Å²) >= 11 is 0. The molecule has 5 nitrogen and oxygen atoms in total. The maximum atomic E-state index is 12.0. The molecule has 2 heterocycles. The molecule has 0 bridgehead atoms. The van der Waals surface area contributed by atoms with Crippen LogP contribution in [-0.2, 0) is 10.0 Å². The predicted molar refractivity (Wildman–Crippen MR) is 65.3 cm³/mol. The molecular weight excluding hydrogens is 238 g/mol. The molecule has 1 aliphatic rings. The van der Waals surface area contributed by atoms with Crippen LogP contribution in [0.2, 0.25) is 0 Å². The molecule has 0 amide bonds. The third-order valence-corrected chi connectivity index (χ3v) is 4.03. The van der Waals surface area contributed by atoms with E-state index in [1.807, 2.05) is 11.9 Å². The Bertz CT molecular complexity index is 511. The van der Waals surface area contributed by atoms with Crippen LogP contribution in [0, 0.1) is 0 Å². The first-order valence-electron chi connectivity index (χ1n) is 5.54. The number of sulfonamides is 1. The summed E-state index contributed by atoms with van der Waals surface area (Å²) in [7, 11) is -1.74. The molecule has 1 aromatic rings. The van der Waals surface area contributed by atoms with Crippen molar-refractivity contribution in [2.45, 2.75) is 24.2 Å². The highest BCUT2D eigenvalue weighted by atomic mass is 32.2. The molecule has 1 fully saturated rings. The van der Waals surface area contributed by atoms with E-state index >= 15 is 0 Å². The monoisotopic (exact) mass is 253 g/mol. The summed E-state index contributed by atoms with van der Waals surface area (Å²) < 4.78 is 27.9. The zero-order valence-corrected chi connectivity index (χ0v) is 10.5. The molecule has 0 spiro atoms. The van der Waals surface area contributed by atoms with Crippen molar-refractivity contribution in [1.29, 1.82) is 0 Å². The lowest BCUT2D eigenvalue weighted by Crippen LogP contribution is -2.32. The SMILES string of the molecule is CN1CCCC/C1=N/S(=O)(=O)c1cccnc1. The van der Waals surface area contributed by atoms with E-state index in [9.17, 15) is 8.42 Å². The van der Waals surface area contributed by atoms with Gasteiger partial charge in [-0.25, -0.2) is 0 Å². The fourth-order valence-corrected chi connectivity index (χ4v) is 2.82. The maximum absolute atomic E-state index is 12.0. The number of likely N-dealkylation sites (tertiary alicyclic amines) is 1. The molecule has 0 saturated carbocycles. The average Bonchev–Trinajstić information content (AvgIpc) is 2.33. The zero-order valence-electron chi connectivity index (χ0n) is 9.70. The molecule has 0 aromatic carbocycles. The number of aromatic nitrogens is 1. The van der Waals surface area contributed by atoms with Gasteiger partial charge in [-0.3, -0.25) is 4.98 Å². The van der Waals surface area contributed by atoms with E-state index in [1.165, 1.54) is 12.3 Å². The number of hydrogen-bond donors (Lipinski definition) is 0. The molecule has 92 valence electrons. The van der Waals surface area contributed by atoms with Gasteiger partial charge in [0.2, 0.25) is 0 Å². The minimum absolute atomic E-state index is 0.145. The second kappa shape index (κ2) is 4.83. The molecule has 1 aromatic heterocycles. The topological polar surface area (TPSA) is 62.6 Å². The van der Waals surface area contributed by atoms with Crippen molar-refractivity contribution < 1.29 is 8.42 Å². The van der Waals surface area contributed by atoms with E-state index in [2.05, 4.69) is 9.38 Å². The summed E-state index contributed by atoms with van der Waals surface area (Å²) in [5.74, 6) is 0.639. The number of rotatable bonds is 2. The van der Waals surface area contributed by atoms with E-state index in [0.717, 1.165) is 25.8 Å². The zero-order chi connectivity index (χ0) is 12.3. The lowest BCUT2D eigenvalue weighted by Gasteiger charge is -2.25. The van der Waals surface area contributed by atoms with Gasteiger partial charge < -0.3 is 4.90 Å². The van der Waals surface area contributed by atoms with Crippen LogP contribution in [0.1, 0.15) is 19.3 Å². The normalized spacial score (nSPS) is 19.6. The van der Waals surface area contributed by atoms with Crippen molar-refractivity contribution in [1.82, 2.24) is 9.88 Å². The molecule has 2 rings (SSSR count). The van der Waals surface area contributed by atoms with Gasteiger partial charge in [0.1, 0.15) is 10.7 Å². The van der Waals surface area contributed by atoms with Crippen LogP contribution in [0.3, 0.4) is 0 Å². The Kier molecular flexibility index (Phi) is 3.42. The molecule has 17 heavy (non-hydrogen) atoms. The minimum Gasteiger partial charge on any atom is -0.362 e. The van der Waals surface area contributed by atoms with Gasteiger partial charge in [-0.15, -0.1) is 4.40 Å². The third kappa shape index (κ3) is 2.82.